The van der Waals surface area contributed by atoms with Gasteiger partial charge in [-0.1, -0.05) is 38.2 Å². The summed E-state index contributed by atoms with van der Waals surface area (Å²) in [5.74, 6) is 0.692. The molecule has 94 valence electrons. The molecule has 1 aromatic heterocycles. The summed E-state index contributed by atoms with van der Waals surface area (Å²) in [6.07, 6.45) is 8.51. The third kappa shape index (κ3) is 3.51. The van der Waals surface area contributed by atoms with E-state index in [2.05, 4.69) is 4.98 Å². The van der Waals surface area contributed by atoms with Gasteiger partial charge in [0.05, 0.1) is 5.69 Å². The molecule has 0 aliphatic heterocycles. The van der Waals surface area contributed by atoms with Gasteiger partial charge in [-0.2, -0.15) is 0 Å². The number of nitrogens with zero attached hydrogens (tertiary/aromatic N) is 1. The monoisotopic (exact) mass is 234 g/mol. The van der Waals surface area contributed by atoms with Crippen molar-refractivity contribution in [3.05, 3.63) is 30.1 Å². The highest BCUT2D eigenvalue weighted by Crippen LogP contribution is 2.29. The molecule has 0 spiro atoms. The molecule has 3 heteroatoms. The molecule has 1 aliphatic rings. The van der Waals surface area contributed by atoms with Crippen molar-refractivity contribution < 1.29 is 5.11 Å². The molecule has 2 rings (SSSR count). The van der Waals surface area contributed by atoms with Crippen LogP contribution in [-0.4, -0.2) is 16.1 Å². The van der Waals surface area contributed by atoms with Gasteiger partial charge in [-0.05, 0) is 24.5 Å². The lowest BCUT2D eigenvalue weighted by atomic mass is 9.83. The molecule has 3 N–H and O–H groups in total. The molecule has 1 aliphatic carbocycles. The fourth-order valence-corrected chi connectivity index (χ4v) is 2.71. The summed E-state index contributed by atoms with van der Waals surface area (Å²) >= 11 is 0. The van der Waals surface area contributed by atoms with Gasteiger partial charge < -0.3 is 10.8 Å². The first-order valence-electron chi connectivity index (χ1n) is 6.62. The van der Waals surface area contributed by atoms with Crippen molar-refractivity contribution in [2.24, 2.45) is 11.7 Å². The van der Waals surface area contributed by atoms with Gasteiger partial charge >= 0.3 is 0 Å². The maximum Gasteiger partial charge on any atom is 0.111 e. The zero-order chi connectivity index (χ0) is 12.1. The highest BCUT2D eigenvalue weighted by atomic mass is 16.3. The number of aliphatic hydroxyl groups is 1. The Bertz CT molecular complexity index is 322. The van der Waals surface area contributed by atoms with Gasteiger partial charge in [0.2, 0.25) is 0 Å². The number of nitrogens with two attached hydrogens (primary N) is 1. The van der Waals surface area contributed by atoms with E-state index in [0.29, 0.717) is 11.6 Å². The van der Waals surface area contributed by atoms with Crippen LogP contribution < -0.4 is 5.73 Å². The first kappa shape index (κ1) is 12.5. The maximum absolute atomic E-state index is 10.1. The SMILES string of the molecule is N[C@@H](CC1CCCCC1)[C@H](O)c1ccccn1. The Kier molecular flexibility index (Phi) is 4.51. The minimum absolute atomic E-state index is 0.187. The highest BCUT2D eigenvalue weighted by Gasteiger charge is 2.23. The van der Waals surface area contributed by atoms with E-state index >= 15 is 0 Å². The lowest BCUT2D eigenvalue weighted by molar-refractivity contribution is 0.124. The van der Waals surface area contributed by atoms with Crippen LogP contribution in [0.15, 0.2) is 24.4 Å². The molecular formula is C14H22N2O. The first-order valence-corrected chi connectivity index (χ1v) is 6.62. The van der Waals surface area contributed by atoms with Crippen molar-refractivity contribution >= 4 is 0 Å². The Balaban J connectivity index is 1.88. The van der Waals surface area contributed by atoms with Crippen molar-refractivity contribution in [2.75, 3.05) is 0 Å². The van der Waals surface area contributed by atoms with Crippen LogP contribution in [0.2, 0.25) is 0 Å². The molecule has 1 heterocycles. The Morgan fingerprint density at radius 1 is 1.29 bits per heavy atom. The summed E-state index contributed by atoms with van der Waals surface area (Å²) in [5, 5.41) is 10.1. The number of pyridine rings is 1. The Labute approximate surface area is 103 Å². The number of aliphatic hydroxyl groups excluding tert-OH is 1. The van der Waals surface area contributed by atoms with Gasteiger partial charge in [0.1, 0.15) is 6.10 Å². The van der Waals surface area contributed by atoms with Gasteiger partial charge in [-0.15, -0.1) is 0 Å². The molecule has 1 fully saturated rings. The predicted octanol–water partition coefficient (Wildman–Crippen LogP) is 2.41. The Morgan fingerprint density at radius 3 is 2.71 bits per heavy atom. The fourth-order valence-electron chi connectivity index (χ4n) is 2.71. The molecule has 0 amide bonds. The number of hydrogen-bond acceptors (Lipinski definition) is 3. The summed E-state index contributed by atoms with van der Waals surface area (Å²) in [4.78, 5) is 4.16. The molecule has 0 unspecified atom stereocenters. The van der Waals surface area contributed by atoms with E-state index in [0.717, 1.165) is 6.42 Å². The van der Waals surface area contributed by atoms with Crippen LogP contribution in [0.1, 0.15) is 50.3 Å². The van der Waals surface area contributed by atoms with Gasteiger partial charge in [0.15, 0.2) is 0 Å². The molecule has 0 aromatic carbocycles. The molecule has 1 aromatic rings. The highest BCUT2D eigenvalue weighted by molar-refractivity contribution is 5.08. The summed E-state index contributed by atoms with van der Waals surface area (Å²) in [7, 11) is 0. The maximum atomic E-state index is 10.1. The standard InChI is InChI=1S/C14H22N2O/c15-12(10-11-6-2-1-3-7-11)14(17)13-8-4-5-9-16-13/h4-5,8-9,11-12,14,17H,1-3,6-7,10,15H2/t12-,14-/m0/s1. The second-order valence-electron chi connectivity index (χ2n) is 5.10. The molecule has 1 saturated carbocycles. The van der Waals surface area contributed by atoms with Crippen LogP contribution in [0.5, 0.6) is 0 Å². The van der Waals surface area contributed by atoms with E-state index in [-0.39, 0.29) is 6.04 Å². The average Bonchev–Trinajstić information content (AvgIpc) is 2.40. The van der Waals surface area contributed by atoms with Crippen LogP contribution in [-0.2, 0) is 0 Å². The molecule has 3 nitrogen and oxygen atoms in total. The summed E-state index contributed by atoms with van der Waals surface area (Å²) < 4.78 is 0. The zero-order valence-electron chi connectivity index (χ0n) is 10.3. The predicted molar refractivity (Wildman–Crippen MR) is 68.4 cm³/mol. The van der Waals surface area contributed by atoms with Crippen LogP contribution in [0.3, 0.4) is 0 Å². The zero-order valence-corrected chi connectivity index (χ0v) is 10.3. The lowest BCUT2D eigenvalue weighted by Crippen LogP contribution is -2.31. The minimum Gasteiger partial charge on any atom is -0.385 e. The number of hydrogen-bond donors (Lipinski definition) is 2. The summed E-state index contributed by atoms with van der Waals surface area (Å²) in [6, 6.07) is 5.39. The van der Waals surface area contributed by atoms with Gasteiger partial charge in [-0.25, -0.2) is 0 Å². The molecule has 17 heavy (non-hydrogen) atoms. The van der Waals surface area contributed by atoms with Crippen molar-refractivity contribution in [2.45, 2.75) is 50.7 Å². The quantitative estimate of drug-likeness (QED) is 0.841. The van der Waals surface area contributed by atoms with Crippen molar-refractivity contribution in [3.63, 3.8) is 0 Å². The van der Waals surface area contributed by atoms with Gasteiger partial charge in [-0.3, -0.25) is 4.98 Å². The normalized spacial score (nSPS) is 21.1. The van der Waals surface area contributed by atoms with E-state index < -0.39 is 6.10 Å². The largest absolute Gasteiger partial charge is 0.385 e. The van der Waals surface area contributed by atoms with Crippen LogP contribution in [0.4, 0.5) is 0 Å². The smallest absolute Gasteiger partial charge is 0.111 e. The van der Waals surface area contributed by atoms with Crippen molar-refractivity contribution in [1.82, 2.24) is 4.98 Å². The average molecular weight is 234 g/mol. The Hall–Kier alpha value is -0.930. The molecular weight excluding hydrogens is 212 g/mol. The van der Waals surface area contributed by atoms with E-state index in [4.69, 9.17) is 5.73 Å². The van der Waals surface area contributed by atoms with E-state index in [1.54, 1.807) is 6.20 Å². The second kappa shape index (κ2) is 6.12. The van der Waals surface area contributed by atoms with E-state index in [1.165, 1.54) is 32.1 Å². The van der Waals surface area contributed by atoms with Crippen LogP contribution in [0, 0.1) is 5.92 Å². The van der Waals surface area contributed by atoms with Gasteiger partial charge in [0.25, 0.3) is 0 Å². The third-order valence-electron chi connectivity index (χ3n) is 3.73. The van der Waals surface area contributed by atoms with E-state index in [1.807, 2.05) is 18.2 Å². The molecule has 0 radical (unpaired) electrons. The van der Waals surface area contributed by atoms with E-state index in [9.17, 15) is 5.11 Å². The van der Waals surface area contributed by atoms with Crippen LogP contribution in [0.25, 0.3) is 0 Å². The fraction of sp³-hybridized carbons (Fsp3) is 0.643. The topological polar surface area (TPSA) is 59.1 Å². The molecule has 0 bridgehead atoms. The first-order chi connectivity index (χ1) is 8.27. The minimum atomic E-state index is -0.627. The lowest BCUT2D eigenvalue weighted by Gasteiger charge is -2.26. The third-order valence-corrected chi connectivity index (χ3v) is 3.73. The summed E-state index contributed by atoms with van der Waals surface area (Å²) in [6.45, 7) is 0. The van der Waals surface area contributed by atoms with Crippen molar-refractivity contribution in [1.29, 1.82) is 0 Å². The van der Waals surface area contributed by atoms with Crippen LogP contribution >= 0.6 is 0 Å². The van der Waals surface area contributed by atoms with Gasteiger partial charge in [0, 0.05) is 12.2 Å². The number of aromatic nitrogens is 1. The van der Waals surface area contributed by atoms with Crippen molar-refractivity contribution in [3.8, 4) is 0 Å². The number of rotatable bonds is 4. The summed E-state index contributed by atoms with van der Waals surface area (Å²) in [5.41, 5.74) is 6.78. The Morgan fingerprint density at radius 2 is 2.06 bits per heavy atom. The molecule has 2 atom stereocenters. The second-order valence-corrected chi connectivity index (χ2v) is 5.10. The molecule has 0 saturated heterocycles.